The van der Waals surface area contributed by atoms with E-state index in [0.29, 0.717) is 35.3 Å². The van der Waals surface area contributed by atoms with Crippen molar-refractivity contribution in [1.29, 1.82) is 0 Å². The lowest BCUT2D eigenvalue weighted by atomic mass is 10.2. The summed E-state index contributed by atoms with van der Waals surface area (Å²) in [5, 5.41) is 4.79. The summed E-state index contributed by atoms with van der Waals surface area (Å²) in [5.74, 6) is 1.38. The fourth-order valence-corrected chi connectivity index (χ4v) is 3.32. The Bertz CT molecular complexity index is 961. The summed E-state index contributed by atoms with van der Waals surface area (Å²) in [6.07, 6.45) is 2.09. The minimum Gasteiger partial charge on any atom is -0.364 e. The lowest BCUT2D eigenvalue weighted by Gasteiger charge is -2.19. The number of para-hydroxylation sites is 1. The van der Waals surface area contributed by atoms with Crippen molar-refractivity contribution in [3.05, 3.63) is 53.4 Å². The highest BCUT2D eigenvalue weighted by atomic mass is 35.5. The molecule has 3 aromatic rings. The van der Waals surface area contributed by atoms with Gasteiger partial charge in [-0.2, -0.15) is 0 Å². The Balaban J connectivity index is 1.61. The van der Waals surface area contributed by atoms with Crippen molar-refractivity contribution in [3.63, 3.8) is 0 Å². The van der Waals surface area contributed by atoms with E-state index in [2.05, 4.69) is 20.3 Å². The van der Waals surface area contributed by atoms with Gasteiger partial charge in [-0.15, -0.1) is 0 Å². The highest BCUT2D eigenvalue weighted by Crippen LogP contribution is 2.30. The maximum absolute atomic E-state index is 12.4. The van der Waals surface area contributed by atoms with Crippen LogP contribution in [0.5, 0.6) is 0 Å². The lowest BCUT2D eigenvalue weighted by molar-refractivity contribution is -0.117. The Hall–Kier alpha value is -2.73. The minimum absolute atomic E-state index is 0.0406. The van der Waals surface area contributed by atoms with E-state index in [1.807, 2.05) is 37.3 Å². The van der Waals surface area contributed by atoms with E-state index in [1.54, 1.807) is 17.2 Å². The molecule has 7 heteroatoms. The van der Waals surface area contributed by atoms with Gasteiger partial charge in [0.05, 0.1) is 22.1 Å². The summed E-state index contributed by atoms with van der Waals surface area (Å²) in [6, 6.07) is 11.1. The average molecular weight is 354 g/mol. The number of rotatable bonds is 3. The fraction of sp³-hybridized carbons (Fsp3) is 0.222. The maximum Gasteiger partial charge on any atom is 0.229 e. The number of nitrogens with one attached hydrogen (secondary N) is 1. The molecule has 0 spiro atoms. The van der Waals surface area contributed by atoms with E-state index < -0.39 is 0 Å². The molecule has 0 radical (unpaired) electrons. The molecule has 1 aliphatic heterocycles. The van der Waals surface area contributed by atoms with Gasteiger partial charge in [-0.1, -0.05) is 23.7 Å². The van der Waals surface area contributed by atoms with Crippen molar-refractivity contribution >= 4 is 40.0 Å². The summed E-state index contributed by atoms with van der Waals surface area (Å²) in [6.45, 7) is 2.36. The van der Waals surface area contributed by atoms with Crippen LogP contribution in [0.2, 0.25) is 5.02 Å². The number of fused-ring (bicyclic) bond motifs is 1. The third-order valence-electron chi connectivity index (χ3n) is 4.19. The minimum atomic E-state index is -0.0542. The Kier molecular flexibility index (Phi) is 3.97. The molecule has 25 heavy (non-hydrogen) atoms. The first-order valence-electron chi connectivity index (χ1n) is 8.02. The Morgan fingerprint density at radius 2 is 2.04 bits per heavy atom. The topological polar surface area (TPSA) is 71.0 Å². The molecule has 1 aliphatic rings. The number of hydrogen-bond acceptors (Lipinski definition) is 5. The smallest absolute Gasteiger partial charge is 0.229 e. The van der Waals surface area contributed by atoms with Crippen LogP contribution in [0.25, 0.3) is 11.0 Å². The Morgan fingerprint density at radius 1 is 1.20 bits per heavy atom. The molecule has 1 aromatic carbocycles. The summed E-state index contributed by atoms with van der Waals surface area (Å²) < 4.78 is 0. The molecule has 1 saturated heterocycles. The fourth-order valence-electron chi connectivity index (χ4n) is 3.08. The first-order chi connectivity index (χ1) is 12.1. The van der Waals surface area contributed by atoms with Gasteiger partial charge >= 0.3 is 0 Å². The maximum atomic E-state index is 12.4. The number of hydrogen-bond donors (Lipinski definition) is 1. The van der Waals surface area contributed by atoms with Gasteiger partial charge in [0, 0.05) is 19.2 Å². The van der Waals surface area contributed by atoms with Gasteiger partial charge in [-0.25, -0.2) is 15.0 Å². The zero-order valence-corrected chi connectivity index (χ0v) is 14.4. The molecule has 126 valence electrons. The predicted molar refractivity (Wildman–Crippen MR) is 97.9 cm³/mol. The van der Waals surface area contributed by atoms with E-state index in [9.17, 15) is 4.79 Å². The van der Waals surface area contributed by atoms with Crippen molar-refractivity contribution in [3.8, 4) is 0 Å². The first-order valence-corrected chi connectivity index (χ1v) is 8.40. The molecular weight excluding hydrogens is 338 g/mol. The molecule has 3 heterocycles. The Morgan fingerprint density at radius 3 is 2.88 bits per heavy atom. The number of anilines is 2. The molecule has 2 aromatic heterocycles. The molecular formula is C18H16ClN5O. The van der Waals surface area contributed by atoms with Crippen LogP contribution in [0.15, 0.2) is 42.6 Å². The van der Waals surface area contributed by atoms with Crippen LogP contribution in [0.4, 0.5) is 11.5 Å². The number of pyridine rings is 1. The zero-order chi connectivity index (χ0) is 17.4. The van der Waals surface area contributed by atoms with Gasteiger partial charge in [0.15, 0.2) is 5.65 Å². The summed E-state index contributed by atoms with van der Waals surface area (Å²) in [4.78, 5) is 27.3. The second-order valence-corrected chi connectivity index (χ2v) is 6.40. The molecule has 1 atom stereocenters. The van der Waals surface area contributed by atoms with E-state index in [1.165, 1.54) is 0 Å². The SMILES string of the molecule is Cc1nc(N[C@H]2CC(=O)N(c3ccccc3Cl)C2)c2cccnc2n1. The molecule has 0 saturated carbocycles. The number of nitrogens with zero attached hydrogens (tertiary/aromatic N) is 4. The lowest BCUT2D eigenvalue weighted by Crippen LogP contribution is -2.28. The summed E-state index contributed by atoms with van der Waals surface area (Å²) in [5.41, 5.74) is 1.38. The number of benzene rings is 1. The zero-order valence-electron chi connectivity index (χ0n) is 13.6. The van der Waals surface area contributed by atoms with Gasteiger partial charge in [0.2, 0.25) is 5.91 Å². The van der Waals surface area contributed by atoms with Crippen LogP contribution in [0.3, 0.4) is 0 Å². The highest BCUT2D eigenvalue weighted by Gasteiger charge is 2.32. The molecule has 4 rings (SSSR count). The van der Waals surface area contributed by atoms with Crippen LogP contribution >= 0.6 is 11.6 Å². The van der Waals surface area contributed by atoms with Gasteiger partial charge in [0.1, 0.15) is 11.6 Å². The second-order valence-electron chi connectivity index (χ2n) is 6.00. The number of carbonyl (C=O) groups excluding carboxylic acids is 1. The number of amides is 1. The molecule has 1 amide bonds. The second kappa shape index (κ2) is 6.29. The molecule has 6 nitrogen and oxygen atoms in total. The number of aromatic nitrogens is 3. The van der Waals surface area contributed by atoms with Gasteiger partial charge in [-0.05, 0) is 31.2 Å². The highest BCUT2D eigenvalue weighted by molar-refractivity contribution is 6.33. The average Bonchev–Trinajstić information content (AvgIpc) is 2.95. The van der Waals surface area contributed by atoms with E-state index in [4.69, 9.17) is 11.6 Å². The standard InChI is InChI=1S/C18H16ClN5O/c1-11-21-17-13(5-4-8-20-17)18(22-11)23-12-9-16(25)24(10-12)15-7-3-2-6-14(15)19/h2-8,12H,9-10H2,1H3,(H,20,21,22,23)/t12-/m0/s1. The summed E-state index contributed by atoms with van der Waals surface area (Å²) in [7, 11) is 0. The van der Waals surface area contributed by atoms with E-state index in [0.717, 1.165) is 11.1 Å². The number of aryl methyl sites for hydroxylation is 1. The number of carbonyl (C=O) groups is 1. The van der Waals surface area contributed by atoms with Crippen molar-refractivity contribution in [2.45, 2.75) is 19.4 Å². The van der Waals surface area contributed by atoms with Gasteiger partial charge in [-0.3, -0.25) is 4.79 Å². The van der Waals surface area contributed by atoms with Crippen molar-refractivity contribution < 1.29 is 4.79 Å². The quantitative estimate of drug-likeness (QED) is 0.783. The normalized spacial score (nSPS) is 17.3. The van der Waals surface area contributed by atoms with E-state index in [-0.39, 0.29) is 11.9 Å². The molecule has 0 unspecified atom stereocenters. The van der Waals surface area contributed by atoms with Crippen LogP contribution in [-0.2, 0) is 4.79 Å². The van der Waals surface area contributed by atoms with Crippen molar-refractivity contribution in [1.82, 2.24) is 15.0 Å². The number of halogens is 1. The van der Waals surface area contributed by atoms with Crippen LogP contribution in [0.1, 0.15) is 12.2 Å². The van der Waals surface area contributed by atoms with Crippen LogP contribution < -0.4 is 10.2 Å². The molecule has 1 N–H and O–H groups in total. The predicted octanol–water partition coefficient (Wildman–Crippen LogP) is 3.20. The largest absolute Gasteiger partial charge is 0.364 e. The van der Waals surface area contributed by atoms with Crippen LogP contribution in [-0.4, -0.2) is 33.4 Å². The van der Waals surface area contributed by atoms with Gasteiger partial charge < -0.3 is 10.2 Å². The van der Waals surface area contributed by atoms with E-state index >= 15 is 0 Å². The third kappa shape index (κ3) is 3.00. The molecule has 0 bridgehead atoms. The first kappa shape index (κ1) is 15.8. The summed E-state index contributed by atoms with van der Waals surface area (Å²) >= 11 is 6.23. The van der Waals surface area contributed by atoms with Crippen LogP contribution in [0, 0.1) is 6.92 Å². The van der Waals surface area contributed by atoms with Gasteiger partial charge in [0.25, 0.3) is 0 Å². The van der Waals surface area contributed by atoms with Crippen molar-refractivity contribution in [2.75, 3.05) is 16.8 Å². The third-order valence-corrected chi connectivity index (χ3v) is 4.51. The Labute approximate surface area is 149 Å². The molecule has 1 fully saturated rings. The molecule has 0 aliphatic carbocycles. The van der Waals surface area contributed by atoms with Crippen molar-refractivity contribution in [2.24, 2.45) is 0 Å². The monoisotopic (exact) mass is 353 g/mol.